The van der Waals surface area contributed by atoms with Crippen molar-refractivity contribution in [1.29, 1.82) is 0 Å². The van der Waals surface area contributed by atoms with E-state index in [-0.39, 0.29) is 12.3 Å². The Bertz CT molecular complexity index is 846. The molecule has 0 unspecified atom stereocenters. The smallest absolute Gasteiger partial charge is 0.204 e. The Hall–Kier alpha value is -3.22. The van der Waals surface area contributed by atoms with E-state index >= 15 is 0 Å². The van der Waals surface area contributed by atoms with Crippen molar-refractivity contribution in [2.24, 2.45) is 0 Å². The van der Waals surface area contributed by atoms with Crippen LogP contribution in [0.2, 0.25) is 0 Å². The van der Waals surface area contributed by atoms with E-state index in [0.717, 1.165) is 5.56 Å². The molecule has 24 heavy (non-hydrogen) atoms. The summed E-state index contributed by atoms with van der Waals surface area (Å²) in [7, 11) is 3.07. The average molecular weight is 324 g/mol. The number of carbonyl (C=O) groups excluding carboxylic acids is 1. The Morgan fingerprint density at radius 1 is 1.04 bits per heavy atom. The second kappa shape index (κ2) is 6.91. The minimum Gasteiger partial charge on any atom is -0.493 e. The summed E-state index contributed by atoms with van der Waals surface area (Å²) in [6.07, 6.45) is 0. The predicted octanol–water partition coefficient (Wildman–Crippen LogP) is 2.24. The molecule has 0 fully saturated rings. The van der Waals surface area contributed by atoms with Gasteiger partial charge in [-0.25, -0.2) is 0 Å². The van der Waals surface area contributed by atoms with E-state index in [9.17, 15) is 4.79 Å². The van der Waals surface area contributed by atoms with Gasteiger partial charge in [0.1, 0.15) is 6.54 Å². The Labute approximate surface area is 138 Å². The van der Waals surface area contributed by atoms with Crippen LogP contribution in [0, 0.1) is 0 Å². The number of hydrogen-bond donors (Lipinski definition) is 0. The summed E-state index contributed by atoms with van der Waals surface area (Å²) in [5, 5.41) is 12.2. The van der Waals surface area contributed by atoms with Crippen LogP contribution in [0.15, 0.2) is 48.5 Å². The second-order valence-corrected chi connectivity index (χ2v) is 5.00. The van der Waals surface area contributed by atoms with Crippen molar-refractivity contribution >= 4 is 5.78 Å². The molecule has 0 aliphatic rings. The Balaban J connectivity index is 1.77. The van der Waals surface area contributed by atoms with Crippen LogP contribution in [0.3, 0.4) is 0 Å². The van der Waals surface area contributed by atoms with Gasteiger partial charge in [-0.3, -0.25) is 4.79 Å². The van der Waals surface area contributed by atoms with E-state index in [2.05, 4.69) is 15.4 Å². The third-order valence-electron chi connectivity index (χ3n) is 3.48. The number of hydrogen-bond acceptors (Lipinski definition) is 6. The number of benzene rings is 2. The topological polar surface area (TPSA) is 79.1 Å². The van der Waals surface area contributed by atoms with Crippen LogP contribution in [0.5, 0.6) is 11.5 Å². The van der Waals surface area contributed by atoms with Gasteiger partial charge in [0.15, 0.2) is 17.3 Å². The van der Waals surface area contributed by atoms with E-state index < -0.39 is 0 Å². The fourth-order valence-electron chi connectivity index (χ4n) is 2.24. The first-order valence-corrected chi connectivity index (χ1v) is 7.29. The van der Waals surface area contributed by atoms with Crippen molar-refractivity contribution in [2.75, 3.05) is 14.2 Å². The molecule has 0 aliphatic carbocycles. The fraction of sp³-hybridized carbons (Fsp3) is 0.176. The molecule has 3 rings (SSSR count). The number of aromatic nitrogens is 4. The molecule has 3 aromatic rings. The lowest BCUT2D eigenvalue weighted by atomic mass is 10.1. The van der Waals surface area contributed by atoms with Crippen molar-refractivity contribution in [2.45, 2.75) is 6.54 Å². The zero-order valence-electron chi connectivity index (χ0n) is 13.3. The molecule has 7 nitrogen and oxygen atoms in total. The number of Topliss-reactive ketones (excluding diaryl/α,β-unsaturated/α-hetero) is 1. The van der Waals surface area contributed by atoms with E-state index in [1.165, 1.54) is 11.9 Å². The van der Waals surface area contributed by atoms with Crippen LogP contribution in [-0.4, -0.2) is 40.2 Å². The van der Waals surface area contributed by atoms with Gasteiger partial charge in [-0.1, -0.05) is 30.3 Å². The summed E-state index contributed by atoms with van der Waals surface area (Å²) >= 11 is 0. The van der Waals surface area contributed by atoms with Crippen LogP contribution in [0.25, 0.3) is 11.4 Å². The normalized spacial score (nSPS) is 10.4. The van der Waals surface area contributed by atoms with Crippen LogP contribution in [0.4, 0.5) is 0 Å². The molecule has 0 atom stereocenters. The first kappa shape index (κ1) is 15.7. The van der Waals surface area contributed by atoms with Gasteiger partial charge >= 0.3 is 0 Å². The zero-order valence-corrected chi connectivity index (χ0v) is 13.3. The monoisotopic (exact) mass is 324 g/mol. The molecule has 2 aromatic carbocycles. The number of rotatable bonds is 6. The Kier molecular flexibility index (Phi) is 4.51. The largest absolute Gasteiger partial charge is 0.493 e. The number of tetrazole rings is 1. The molecule has 1 heterocycles. The lowest BCUT2D eigenvalue weighted by Crippen LogP contribution is -2.13. The molecule has 0 aliphatic heterocycles. The number of carbonyl (C=O) groups is 1. The molecule has 0 amide bonds. The van der Waals surface area contributed by atoms with Gasteiger partial charge in [-0.05, 0) is 23.4 Å². The standard InChI is InChI=1S/C17H16N4O3/c1-23-15-9-8-13(10-16(15)24-2)14(22)11-21-19-17(18-20-21)12-6-4-3-5-7-12/h3-10H,11H2,1-2H3. The number of ether oxygens (including phenoxy) is 2. The molecule has 0 radical (unpaired) electrons. The molecule has 0 N–H and O–H groups in total. The van der Waals surface area contributed by atoms with Crippen LogP contribution in [0.1, 0.15) is 10.4 Å². The first-order valence-electron chi connectivity index (χ1n) is 7.29. The SMILES string of the molecule is COc1ccc(C(=O)Cn2nnc(-c3ccccc3)n2)cc1OC. The second-order valence-electron chi connectivity index (χ2n) is 5.00. The highest BCUT2D eigenvalue weighted by atomic mass is 16.5. The molecule has 0 bridgehead atoms. The molecule has 0 spiro atoms. The van der Waals surface area contributed by atoms with Gasteiger partial charge in [0, 0.05) is 11.1 Å². The lowest BCUT2D eigenvalue weighted by molar-refractivity contribution is 0.0961. The van der Waals surface area contributed by atoms with Gasteiger partial charge in [0.05, 0.1) is 14.2 Å². The molecule has 0 saturated carbocycles. The van der Waals surface area contributed by atoms with Crippen LogP contribution >= 0.6 is 0 Å². The molecular formula is C17H16N4O3. The molecule has 122 valence electrons. The Morgan fingerprint density at radius 3 is 2.50 bits per heavy atom. The molecule has 7 heteroatoms. The third kappa shape index (κ3) is 3.24. The number of ketones is 1. The molecule has 0 saturated heterocycles. The highest BCUT2D eigenvalue weighted by Crippen LogP contribution is 2.27. The van der Waals surface area contributed by atoms with Crippen LogP contribution in [-0.2, 0) is 6.54 Å². The van der Waals surface area contributed by atoms with Crippen molar-refractivity contribution in [3.8, 4) is 22.9 Å². The summed E-state index contributed by atoms with van der Waals surface area (Å²) in [6, 6.07) is 14.5. The van der Waals surface area contributed by atoms with Gasteiger partial charge in [0.2, 0.25) is 5.82 Å². The number of nitrogens with zero attached hydrogens (tertiary/aromatic N) is 4. The van der Waals surface area contributed by atoms with Crippen molar-refractivity contribution < 1.29 is 14.3 Å². The summed E-state index contributed by atoms with van der Waals surface area (Å²) in [4.78, 5) is 13.7. The molecule has 1 aromatic heterocycles. The summed E-state index contributed by atoms with van der Waals surface area (Å²) in [6.45, 7) is -0.00465. The third-order valence-corrected chi connectivity index (χ3v) is 3.48. The predicted molar refractivity (Wildman–Crippen MR) is 87.1 cm³/mol. The maximum atomic E-state index is 12.4. The van der Waals surface area contributed by atoms with Crippen LogP contribution < -0.4 is 9.47 Å². The highest BCUT2D eigenvalue weighted by Gasteiger charge is 2.13. The van der Waals surface area contributed by atoms with Gasteiger partial charge in [0.25, 0.3) is 0 Å². The number of methoxy groups -OCH3 is 2. The van der Waals surface area contributed by atoms with Gasteiger partial charge < -0.3 is 9.47 Å². The maximum absolute atomic E-state index is 12.4. The lowest BCUT2D eigenvalue weighted by Gasteiger charge is -2.08. The van der Waals surface area contributed by atoms with E-state index in [0.29, 0.717) is 22.9 Å². The molecular weight excluding hydrogens is 308 g/mol. The summed E-state index contributed by atoms with van der Waals surface area (Å²) < 4.78 is 10.4. The van der Waals surface area contributed by atoms with E-state index in [1.807, 2.05) is 30.3 Å². The first-order chi connectivity index (χ1) is 11.7. The quantitative estimate of drug-likeness (QED) is 0.647. The van der Waals surface area contributed by atoms with Gasteiger partial charge in [-0.15, -0.1) is 10.2 Å². The van der Waals surface area contributed by atoms with E-state index in [4.69, 9.17) is 9.47 Å². The minimum atomic E-state index is -0.145. The highest BCUT2D eigenvalue weighted by molar-refractivity contribution is 5.96. The van der Waals surface area contributed by atoms with E-state index in [1.54, 1.807) is 25.3 Å². The summed E-state index contributed by atoms with van der Waals surface area (Å²) in [5.41, 5.74) is 1.34. The Morgan fingerprint density at radius 2 is 1.79 bits per heavy atom. The van der Waals surface area contributed by atoms with Gasteiger partial charge in [-0.2, -0.15) is 4.80 Å². The zero-order chi connectivity index (χ0) is 16.9. The minimum absolute atomic E-state index is 0.00465. The van der Waals surface area contributed by atoms with Crippen molar-refractivity contribution in [1.82, 2.24) is 20.2 Å². The summed E-state index contributed by atoms with van der Waals surface area (Å²) in [5.74, 6) is 1.41. The maximum Gasteiger partial charge on any atom is 0.204 e. The fourth-order valence-corrected chi connectivity index (χ4v) is 2.24. The van der Waals surface area contributed by atoms with Crippen molar-refractivity contribution in [3.63, 3.8) is 0 Å². The van der Waals surface area contributed by atoms with Crippen molar-refractivity contribution in [3.05, 3.63) is 54.1 Å². The average Bonchev–Trinajstić information content (AvgIpc) is 3.10.